The summed E-state index contributed by atoms with van der Waals surface area (Å²) in [6, 6.07) is 20.3. The summed E-state index contributed by atoms with van der Waals surface area (Å²) in [5.74, 6) is 0.856. The van der Waals surface area contributed by atoms with E-state index < -0.39 is 6.17 Å². The molecule has 8 nitrogen and oxygen atoms in total. The lowest BCUT2D eigenvalue weighted by Gasteiger charge is -2.33. The molecule has 0 saturated carbocycles. The Labute approximate surface area is 227 Å². The molecule has 1 aliphatic rings. The second-order valence-corrected chi connectivity index (χ2v) is 9.48. The van der Waals surface area contributed by atoms with Crippen molar-refractivity contribution >= 4 is 46.2 Å². The SMILES string of the molecule is CCOc1ccccc1[C@H]1N(c2ccc(Cl)cc2)N=C(C(C)=O)N1c1ccc(NC(=O)C(C)C)c(OC)c1. The summed E-state index contributed by atoms with van der Waals surface area (Å²) in [7, 11) is 1.54. The number of hydrazone groups is 1. The van der Waals surface area contributed by atoms with E-state index in [2.05, 4.69) is 5.32 Å². The number of Topliss-reactive ketones (excluding diaryl/α,β-unsaturated/α-hetero) is 1. The maximum Gasteiger partial charge on any atom is 0.227 e. The number of benzene rings is 3. The fourth-order valence-electron chi connectivity index (χ4n) is 4.19. The molecule has 0 saturated heterocycles. The van der Waals surface area contributed by atoms with Gasteiger partial charge in [-0.2, -0.15) is 0 Å². The molecule has 0 radical (unpaired) electrons. The van der Waals surface area contributed by atoms with Crippen LogP contribution in [0.15, 0.2) is 71.8 Å². The molecule has 0 fully saturated rings. The first kappa shape index (κ1) is 27.0. The molecule has 198 valence electrons. The Bertz CT molecular complexity index is 1360. The summed E-state index contributed by atoms with van der Waals surface area (Å²) in [5, 5.41) is 10.0. The highest BCUT2D eigenvalue weighted by Gasteiger charge is 2.41. The van der Waals surface area contributed by atoms with Crippen LogP contribution in [0.3, 0.4) is 0 Å². The van der Waals surface area contributed by atoms with Crippen molar-refractivity contribution in [2.45, 2.75) is 33.9 Å². The topological polar surface area (TPSA) is 83.5 Å². The van der Waals surface area contributed by atoms with Crippen molar-refractivity contribution in [3.63, 3.8) is 0 Å². The number of nitrogens with zero attached hydrogens (tertiary/aromatic N) is 3. The van der Waals surface area contributed by atoms with Gasteiger partial charge < -0.3 is 14.8 Å². The van der Waals surface area contributed by atoms with Crippen LogP contribution in [-0.2, 0) is 9.59 Å². The van der Waals surface area contributed by atoms with Gasteiger partial charge in [-0.1, -0.05) is 43.6 Å². The van der Waals surface area contributed by atoms with Gasteiger partial charge in [0.25, 0.3) is 0 Å². The van der Waals surface area contributed by atoms with E-state index in [1.807, 2.05) is 68.1 Å². The molecule has 0 unspecified atom stereocenters. The van der Waals surface area contributed by atoms with Crippen molar-refractivity contribution in [1.29, 1.82) is 0 Å². The van der Waals surface area contributed by atoms with Crippen LogP contribution >= 0.6 is 11.6 Å². The van der Waals surface area contributed by atoms with E-state index in [4.69, 9.17) is 26.2 Å². The number of nitrogens with one attached hydrogen (secondary N) is 1. The van der Waals surface area contributed by atoms with Crippen LogP contribution in [0, 0.1) is 5.92 Å². The first-order valence-corrected chi connectivity index (χ1v) is 12.8. The minimum absolute atomic E-state index is 0.124. The lowest BCUT2D eigenvalue weighted by Crippen LogP contribution is -2.38. The third-order valence-corrected chi connectivity index (χ3v) is 6.31. The van der Waals surface area contributed by atoms with Gasteiger partial charge in [0.05, 0.1) is 25.1 Å². The van der Waals surface area contributed by atoms with Gasteiger partial charge >= 0.3 is 0 Å². The summed E-state index contributed by atoms with van der Waals surface area (Å²) in [4.78, 5) is 27.2. The fraction of sp³-hybridized carbons (Fsp3) is 0.276. The normalized spacial score (nSPS) is 14.9. The van der Waals surface area contributed by atoms with Crippen LogP contribution in [0.4, 0.5) is 17.1 Å². The van der Waals surface area contributed by atoms with Crippen molar-refractivity contribution in [3.8, 4) is 11.5 Å². The Morgan fingerprint density at radius 3 is 2.34 bits per heavy atom. The van der Waals surface area contributed by atoms with Gasteiger partial charge in [0.1, 0.15) is 11.5 Å². The summed E-state index contributed by atoms with van der Waals surface area (Å²) in [6.07, 6.45) is -0.557. The molecule has 38 heavy (non-hydrogen) atoms. The van der Waals surface area contributed by atoms with E-state index in [0.29, 0.717) is 34.5 Å². The zero-order valence-corrected chi connectivity index (χ0v) is 22.8. The average Bonchev–Trinajstić information content (AvgIpc) is 3.30. The smallest absolute Gasteiger partial charge is 0.227 e. The molecular weight excluding hydrogens is 504 g/mol. The number of anilines is 3. The van der Waals surface area contributed by atoms with E-state index in [0.717, 1.165) is 11.3 Å². The van der Waals surface area contributed by atoms with Gasteiger partial charge in [-0.25, -0.2) is 5.01 Å². The molecule has 0 aromatic heterocycles. The number of rotatable bonds is 9. The number of amidine groups is 1. The molecule has 1 N–H and O–H groups in total. The number of ketones is 1. The summed E-state index contributed by atoms with van der Waals surface area (Å²) in [6.45, 7) is 7.52. The molecule has 3 aromatic carbocycles. The number of halogens is 1. The number of carbonyl (C=O) groups is 2. The van der Waals surface area contributed by atoms with Gasteiger partial charge in [0.15, 0.2) is 17.8 Å². The highest BCUT2D eigenvalue weighted by atomic mass is 35.5. The molecule has 4 rings (SSSR count). The zero-order chi connectivity index (χ0) is 27.4. The van der Waals surface area contributed by atoms with Crippen LogP contribution < -0.4 is 24.7 Å². The van der Waals surface area contributed by atoms with Gasteiger partial charge in [-0.3, -0.25) is 14.5 Å². The predicted octanol–water partition coefficient (Wildman–Crippen LogP) is 6.27. The number of hydrogen-bond acceptors (Lipinski definition) is 7. The van der Waals surface area contributed by atoms with Crippen LogP contribution in [0.2, 0.25) is 5.02 Å². The van der Waals surface area contributed by atoms with Gasteiger partial charge in [-0.15, -0.1) is 5.10 Å². The Balaban J connectivity index is 1.89. The van der Waals surface area contributed by atoms with Crippen molar-refractivity contribution in [2.75, 3.05) is 28.9 Å². The molecule has 0 aliphatic carbocycles. The zero-order valence-electron chi connectivity index (χ0n) is 22.1. The largest absolute Gasteiger partial charge is 0.494 e. The van der Waals surface area contributed by atoms with E-state index in [9.17, 15) is 9.59 Å². The second-order valence-electron chi connectivity index (χ2n) is 9.04. The summed E-state index contributed by atoms with van der Waals surface area (Å²) in [5.41, 5.74) is 2.77. The highest BCUT2D eigenvalue weighted by Crippen LogP contribution is 2.43. The number of carbonyl (C=O) groups excluding carboxylic acids is 2. The van der Waals surface area contributed by atoms with E-state index >= 15 is 0 Å². The molecule has 3 aromatic rings. The third kappa shape index (κ3) is 5.45. The first-order valence-electron chi connectivity index (χ1n) is 12.4. The van der Waals surface area contributed by atoms with Crippen LogP contribution in [0.1, 0.15) is 39.4 Å². The Morgan fingerprint density at radius 1 is 1.03 bits per heavy atom. The minimum Gasteiger partial charge on any atom is -0.494 e. The number of methoxy groups -OCH3 is 1. The van der Waals surface area contributed by atoms with Gasteiger partial charge in [0.2, 0.25) is 5.91 Å². The maximum atomic E-state index is 13.0. The maximum absolute atomic E-state index is 13.0. The molecule has 1 heterocycles. The van der Waals surface area contributed by atoms with Crippen molar-refractivity contribution in [2.24, 2.45) is 11.0 Å². The van der Waals surface area contributed by atoms with Crippen molar-refractivity contribution in [3.05, 3.63) is 77.3 Å². The van der Waals surface area contributed by atoms with Gasteiger partial charge in [-0.05, 0) is 49.4 Å². The monoisotopic (exact) mass is 534 g/mol. The van der Waals surface area contributed by atoms with E-state index in [-0.39, 0.29) is 23.4 Å². The standard InChI is InChI=1S/C29H31ClN4O4/c1-6-38-25-10-8-7-9-23(25)29-33(22-15-16-24(26(17-22)37-5)31-28(36)18(2)3)27(19(4)35)32-34(29)21-13-11-20(30)12-14-21/h7-18,29H,6H2,1-5H3,(H,31,36)/t29-/m1/s1. The fourth-order valence-corrected chi connectivity index (χ4v) is 4.31. The molecule has 0 bridgehead atoms. The number of hydrogen-bond donors (Lipinski definition) is 1. The van der Waals surface area contributed by atoms with Crippen LogP contribution in [-0.4, -0.2) is 31.2 Å². The van der Waals surface area contributed by atoms with Crippen molar-refractivity contribution in [1.82, 2.24) is 0 Å². The summed E-state index contributed by atoms with van der Waals surface area (Å²) < 4.78 is 11.6. The van der Waals surface area contributed by atoms with Crippen LogP contribution in [0.5, 0.6) is 11.5 Å². The third-order valence-electron chi connectivity index (χ3n) is 6.06. The Hall–Kier alpha value is -4.04. The lowest BCUT2D eigenvalue weighted by molar-refractivity contribution is -0.119. The molecule has 1 amide bonds. The molecule has 9 heteroatoms. The quantitative estimate of drug-likeness (QED) is 0.348. The van der Waals surface area contributed by atoms with Gasteiger partial charge in [0, 0.05) is 35.2 Å². The first-order chi connectivity index (χ1) is 18.2. The Morgan fingerprint density at radius 2 is 1.71 bits per heavy atom. The van der Waals surface area contributed by atoms with Crippen LogP contribution in [0.25, 0.3) is 0 Å². The number of amides is 1. The Kier molecular flexibility index (Phi) is 8.22. The number of ether oxygens (including phenoxy) is 2. The molecule has 0 spiro atoms. The number of para-hydroxylation sites is 1. The molecular formula is C29H31ClN4O4. The second kappa shape index (κ2) is 11.6. The van der Waals surface area contributed by atoms with E-state index in [1.165, 1.54) is 14.0 Å². The van der Waals surface area contributed by atoms with Crippen molar-refractivity contribution < 1.29 is 19.1 Å². The van der Waals surface area contributed by atoms with E-state index in [1.54, 1.807) is 29.3 Å². The predicted molar refractivity (Wildman–Crippen MR) is 151 cm³/mol. The summed E-state index contributed by atoms with van der Waals surface area (Å²) >= 11 is 6.16. The molecule has 1 atom stereocenters. The highest BCUT2D eigenvalue weighted by molar-refractivity contribution is 6.44. The molecule has 1 aliphatic heterocycles. The average molecular weight is 535 g/mol. The lowest BCUT2D eigenvalue weighted by atomic mass is 10.1. The minimum atomic E-state index is -0.557.